The van der Waals surface area contributed by atoms with E-state index in [1.165, 1.54) is 5.56 Å². The van der Waals surface area contributed by atoms with E-state index in [0.717, 1.165) is 24.2 Å². The van der Waals surface area contributed by atoms with Gasteiger partial charge in [0.1, 0.15) is 5.75 Å². The van der Waals surface area contributed by atoms with E-state index in [4.69, 9.17) is 4.74 Å². The lowest BCUT2D eigenvalue weighted by molar-refractivity contribution is 0.102. The highest BCUT2D eigenvalue weighted by Gasteiger charge is 2.14. The molecule has 0 spiro atoms. The Morgan fingerprint density at radius 2 is 1.31 bits per heavy atom. The summed E-state index contributed by atoms with van der Waals surface area (Å²) in [4.78, 5) is 13.1. The van der Waals surface area contributed by atoms with Crippen LogP contribution >= 0.6 is 0 Å². The van der Waals surface area contributed by atoms with Crippen molar-refractivity contribution in [3.8, 4) is 5.75 Å². The van der Waals surface area contributed by atoms with Gasteiger partial charge in [0.25, 0.3) is 5.91 Å². The first-order valence-corrected chi connectivity index (χ1v) is 10.8. The average molecular weight is 423 g/mol. The van der Waals surface area contributed by atoms with Crippen molar-refractivity contribution in [1.29, 1.82) is 0 Å². The molecule has 0 radical (unpaired) electrons. The molecule has 0 aliphatic rings. The fraction of sp³-hybridized carbons (Fsp3) is 0.107. The lowest BCUT2D eigenvalue weighted by Gasteiger charge is -2.15. The molecule has 4 aromatic carbocycles. The predicted molar refractivity (Wildman–Crippen MR) is 131 cm³/mol. The van der Waals surface area contributed by atoms with Gasteiger partial charge in [-0.05, 0) is 54.8 Å². The lowest BCUT2D eigenvalue weighted by Crippen LogP contribution is -2.15. The molecule has 0 aliphatic heterocycles. The number of nitrogens with one attached hydrogen (secondary N) is 2. The molecule has 0 bridgehead atoms. The van der Waals surface area contributed by atoms with Crippen LogP contribution in [0.5, 0.6) is 5.75 Å². The molecule has 4 heteroatoms. The van der Waals surface area contributed by atoms with Gasteiger partial charge in [-0.1, -0.05) is 72.8 Å². The Morgan fingerprint density at radius 1 is 0.688 bits per heavy atom. The summed E-state index contributed by atoms with van der Waals surface area (Å²) in [5.74, 6) is 0.478. The van der Waals surface area contributed by atoms with E-state index in [1.807, 2.05) is 97.1 Å². The van der Waals surface area contributed by atoms with Crippen molar-refractivity contribution in [2.75, 3.05) is 17.2 Å². The van der Waals surface area contributed by atoms with Crippen LogP contribution in [0.2, 0.25) is 0 Å². The average Bonchev–Trinajstić information content (AvgIpc) is 2.84. The van der Waals surface area contributed by atoms with Gasteiger partial charge in [-0.25, -0.2) is 0 Å². The van der Waals surface area contributed by atoms with Crippen LogP contribution in [0.4, 0.5) is 17.1 Å². The van der Waals surface area contributed by atoms with Crippen molar-refractivity contribution in [3.63, 3.8) is 0 Å². The standard InChI is InChI=1S/C28H26N2O2/c31-28(24-17-7-8-18-25(24)29-23-15-5-2-6-16-23)30-26-19-9-10-20-27(26)32-21-11-14-22-12-3-1-4-13-22/h1-10,12-13,15-20,29H,11,14,21H2,(H,30,31). The molecule has 4 aromatic rings. The van der Waals surface area contributed by atoms with Crippen LogP contribution in [0.25, 0.3) is 0 Å². The maximum absolute atomic E-state index is 13.1. The van der Waals surface area contributed by atoms with Crippen LogP contribution in [0.1, 0.15) is 22.3 Å². The summed E-state index contributed by atoms with van der Waals surface area (Å²) < 4.78 is 5.99. The van der Waals surface area contributed by atoms with Crippen LogP contribution in [0.3, 0.4) is 0 Å². The molecule has 32 heavy (non-hydrogen) atoms. The first-order chi connectivity index (χ1) is 15.8. The number of carbonyl (C=O) groups excluding carboxylic acids is 1. The Bertz CT molecular complexity index is 1140. The Balaban J connectivity index is 1.41. The number of anilines is 3. The molecule has 160 valence electrons. The summed E-state index contributed by atoms with van der Waals surface area (Å²) >= 11 is 0. The molecule has 0 saturated heterocycles. The van der Waals surface area contributed by atoms with Crippen LogP contribution < -0.4 is 15.4 Å². The third-order valence-corrected chi connectivity index (χ3v) is 5.07. The van der Waals surface area contributed by atoms with Gasteiger partial charge in [-0.3, -0.25) is 4.79 Å². The Labute approximate surface area is 188 Å². The van der Waals surface area contributed by atoms with Crippen LogP contribution in [-0.2, 0) is 6.42 Å². The second-order valence-electron chi connectivity index (χ2n) is 7.42. The van der Waals surface area contributed by atoms with Crippen molar-refractivity contribution in [2.45, 2.75) is 12.8 Å². The summed E-state index contributed by atoms with van der Waals surface area (Å²) in [6, 6.07) is 35.2. The van der Waals surface area contributed by atoms with Crippen LogP contribution in [0, 0.1) is 0 Å². The lowest BCUT2D eigenvalue weighted by atomic mass is 10.1. The molecule has 0 aromatic heterocycles. The third-order valence-electron chi connectivity index (χ3n) is 5.07. The van der Waals surface area contributed by atoms with Gasteiger partial charge in [0.15, 0.2) is 0 Å². The molecule has 2 N–H and O–H groups in total. The number of hydrogen-bond donors (Lipinski definition) is 2. The number of rotatable bonds is 9. The Kier molecular flexibility index (Phi) is 7.17. The summed E-state index contributed by atoms with van der Waals surface area (Å²) in [5, 5.41) is 6.33. The number of ether oxygens (including phenoxy) is 1. The maximum atomic E-state index is 13.1. The van der Waals surface area contributed by atoms with Crippen molar-refractivity contribution < 1.29 is 9.53 Å². The summed E-state index contributed by atoms with van der Waals surface area (Å²) in [6.45, 7) is 0.577. The molecule has 0 fully saturated rings. The van der Waals surface area contributed by atoms with E-state index < -0.39 is 0 Å². The van der Waals surface area contributed by atoms with Gasteiger partial charge >= 0.3 is 0 Å². The zero-order valence-corrected chi connectivity index (χ0v) is 17.8. The van der Waals surface area contributed by atoms with E-state index >= 15 is 0 Å². The van der Waals surface area contributed by atoms with Gasteiger partial charge in [-0.15, -0.1) is 0 Å². The van der Waals surface area contributed by atoms with Crippen LogP contribution in [0.15, 0.2) is 109 Å². The Morgan fingerprint density at radius 3 is 2.09 bits per heavy atom. The third kappa shape index (κ3) is 5.76. The van der Waals surface area contributed by atoms with Crippen molar-refractivity contribution >= 4 is 23.0 Å². The minimum absolute atomic E-state index is 0.190. The minimum atomic E-state index is -0.190. The second-order valence-corrected chi connectivity index (χ2v) is 7.42. The van der Waals surface area contributed by atoms with Gasteiger partial charge in [0, 0.05) is 5.69 Å². The van der Waals surface area contributed by atoms with Crippen molar-refractivity contribution in [1.82, 2.24) is 0 Å². The molecule has 1 amide bonds. The van der Waals surface area contributed by atoms with E-state index in [1.54, 1.807) is 0 Å². The quantitative estimate of drug-likeness (QED) is 0.295. The second kappa shape index (κ2) is 10.8. The molecule has 0 saturated carbocycles. The number of carbonyl (C=O) groups is 1. The molecule has 0 unspecified atom stereocenters. The maximum Gasteiger partial charge on any atom is 0.257 e. The molecule has 0 atom stereocenters. The molecule has 0 heterocycles. The fourth-order valence-corrected chi connectivity index (χ4v) is 3.46. The molecule has 4 rings (SSSR count). The SMILES string of the molecule is O=C(Nc1ccccc1OCCCc1ccccc1)c1ccccc1Nc1ccccc1. The van der Waals surface area contributed by atoms with Crippen LogP contribution in [-0.4, -0.2) is 12.5 Å². The summed E-state index contributed by atoms with van der Waals surface area (Å²) in [6.07, 6.45) is 1.85. The highest BCUT2D eigenvalue weighted by Crippen LogP contribution is 2.27. The fourth-order valence-electron chi connectivity index (χ4n) is 3.46. The number of aryl methyl sites for hydroxylation is 1. The number of amides is 1. The largest absolute Gasteiger partial charge is 0.491 e. The highest BCUT2D eigenvalue weighted by molar-refractivity contribution is 6.09. The summed E-state index contributed by atoms with van der Waals surface area (Å²) in [7, 11) is 0. The number of benzene rings is 4. The van der Waals surface area contributed by atoms with E-state index in [2.05, 4.69) is 22.8 Å². The first kappa shape index (κ1) is 21.2. The highest BCUT2D eigenvalue weighted by atomic mass is 16.5. The topological polar surface area (TPSA) is 50.4 Å². The molecule has 4 nitrogen and oxygen atoms in total. The van der Waals surface area contributed by atoms with Gasteiger partial charge < -0.3 is 15.4 Å². The first-order valence-electron chi connectivity index (χ1n) is 10.8. The normalized spacial score (nSPS) is 10.4. The van der Waals surface area contributed by atoms with Gasteiger partial charge in [0.2, 0.25) is 0 Å². The van der Waals surface area contributed by atoms with Crippen molar-refractivity contribution in [2.24, 2.45) is 0 Å². The zero-order valence-electron chi connectivity index (χ0n) is 17.8. The monoisotopic (exact) mass is 422 g/mol. The molecular formula is C28H26N2O2. The van der Waals surface area contributed by atoms with E-state index in [0.29, 0.717) is 23.6 Å². The minimum Gasteiger partial charge on any atom is -0.491 e. The molecular weight excluding hydrogens is 396 g/mol. The van der Waals surface area contributed by atoms with E-state index in [9.17, 15) is 4.79 Å². The summed E-state index contributed by atoms with van der Waals surface area (Å²) in [5.41, 5.74) is 4.19. The van der Waals surface area contributed by atoms with Gasteiger partial charge in [-0.2, -0.15) is 0 Å². The van der Waals surface area contributed by atoms with Gasteiger partial charge in [0.05, 0.1) is 23.5 Å². The van der Waals surface area contributed by atoms with Crippen molar-refractivity contribution in [3.05, 3.63) is 120 Å². The molecule has 0 aliphatic carbocycles. The smallest absolute Gasteiger partial charge is 0.257 e. The zero-order chi connectivity index (χ0) is 22.0. The van der Waals surface area contributed by atoms with E-state index in [-0.39, 0.29) is 5.91 Å². The number of hydrogen-bond acceptors (Lipinski definition) is 3. The number of para-hydroxylation sites is 4. The Hall–Kier alpha value is -4.05. The predicted octanol–water partition coefficient (Wildman–Crippen LogP) is 6.69.